The molecule has 0 saturated heterocycles. The molecule has 1 aliphatic heterocycles. The number of benzene rings is 1. The summed E-state index contributed by atoms with van der Waals surface area (Å²) in [5.74, 6) is 0. The Morgan fingerprint density at radius 3 is 2.80 bits per heavy atom. The number of fused-ring (bicyclic) bond motifs is 2. The van der Waals surface area contributed by atoms with Crippen molar-refractivity contribution in [3.8, 4) is 0 Å². The van der Waals surface area contributed by atoms with Crippen molar-refractivity contribution in [2.75, 3.05) is 6.16 Å². The quantitative estimate of drug-likeness (QED) is 0.512. The first-order valence-corrected chi connectivity index (χ1v) is 10.6. The van der Waals surface area contributed by atoms with E-state index >= 15 is 0 Å². The topological polar surface area (TPSA) is 0 Å². The summed E-state index contributed by atoms with van der Waals surface area (Å²) in [4.78, 5) is 0. The van der Waals surface area contributed by atoms with Crippen LogP contribution in [0.25, 0.3) is 6.08 Å². The summed E-state index contributed by atoms with van der Waals surface area (Å²) in [5.41, 5.74) is 3.15. The molecule has 0 aromatic heterocycles. The molecule has 4 heteroatoms. The number of halogens is 2. The summed E-state index contributed by atoms with van der Waals surface area (Å²) < 4.78 is 2.40. The third-order valence-corrected chi connectivity index (χ3v) is 14.1. The Kier molecular flexibility index (Phi) is 5.19. The number of allylic oxidation sites excluding steroid dienone is 5. The molecule has 4 rings (SSSR count). The first-order valence-electron chi connectivity index (χ1n) is 6.59. The summed E-state index contributed by atoms with van der Waals surface area (Å²) in [6.45, 7) is 2.39. The van der Waals surface area contributed by atoms with Gasteiger partial charge in [0.1, 0.15) is 0 Å². The average Bonchev–Trinajstić information content (AvgIpc) is 3.05. The Morgan fingerprint density at radius 1 is 1.20 bits per heavy atom. The van der Waals surface area contributed by atoms with Crippen molar-refractivity contribution in [2.24, 2.45) is 0 Å². The largest absolute Gasteiger partial charge is 1.00 e. The van der Waals surface area contributed by atoms with Crippen LogP contribution >= 0.6 is 7.92 Å². The van der Waals surface area contributed by atoms with E-state index in [0.717, 1.165) is 0 Å². The van der Waals surface area contributed by atoms with Crippen molar-refractivity contribution in [3.63, 3.8) is 0 Å². The summed E-state index contributed by atoms with van der Waals surface area (Å²) in [7, 11) is 0.0263. The molecule has 102 valence electrons. The molecule has 0 N–H and O–H groups in total. The maximum Gasteiger partial charge on any atom is -1.00 e. The molecular formula is C16H15Cl2PZr. The molecule has 20 heavy (non-hydrogen) atoms. The Labute approximate surface area is 145 Å². The minimum Gasteiger partial charge on any atom is -1.00 e. The van der Waals surface area contributed by atoms with Crippen LogP contribution < -0.4 is 24.8 Å². The Morgan fingerprint density at radius 2 is 2.00 bits per heavy atom. The van der Waals surface area contributed by atoms with Crippen LogP contribution in [0, 0.1) is 0 Å². The van der Waals surface area contributed by atoms with E-state index in [4.69, 9.17) is 0 Å². The van der Waals surface area contributed by atoms with E-state index in [-0.39, 0.29) is 32.7 Å². The molecular weight excluding hydrogens is 385 g/mol. The fourth-order valence-electron chi connectivity index (χ4n) is 3.40. The molecule has 0 amide bonds. The summed E-state index contributed by atoms with van der Waals surface area (Å²) in [6, 6.07) is 9.10. The van der Waals surface area contributed by atoms with Gasteiger partial charge in [-0.3, -0.25) is 0 Å². The SMILES string of the molecule is CCP1C2=[C](CC=C2)[Zr+2][C]12C=Cc1ccccc12.[Cl-].[Cl-]. The van der Waals surface area contributed by atoms with Crippen molar-refractivity contribution in [1.29, 1.82) is 0 Å². The van der Waals surface area contributed by atoms with Gasteiger partial charge in [-0.2, -0.15) is 0 Å². The molecule has 1 aromatic carbocycles. The zero-order valence-electron chi connectivity index (χ0n) is 11.2. The van der Waals surface area contributed by atoms with E-state index in [2.05, 4.69) is 55.5 Å². The summed E-state index contributed by atoms with van der Waals surface area (Å²) >= 11 is -0.487. The Balaban J connectivity index is 0.000000735. The molecule has 0 radical (unpaired) electrons. The summed E-state index contributed by atoms with van der Waals surface area (Å²) in [6.07, 6.45) is 12.5. The van der Waals surface area contributed by atoms with Crippen LogP contribution in [0.2, 0.25) is 0 Å². The summed E-state index contributed by atoms with van der Waals surface area (Å²) in [5, 5.41) is 1.78. The molecule has 1 aromatic rings. The van der Waals surface area contributed by atoms with Gasteiger partial charge < -0.3 is 24.8 Å². The van der Waals surface area contributed by atoms with Gasteiger partial charge in [0.25, 0.3) is 0 Å². The molecule has 0 saturated carbocycles. The van der Waals surface area contributed by atoms with E-state index in [1.807, 2.05) is 3.28 Å². The fraction of sp³-hybridized carbons (Fsp3) is 0.250. The van der Waals surface area contributed by atoms with Gasteiger partial charge in [0.2, 0.25) is 0 Å². The van der Waals surface area contributed by atoms with Gasteiger partial charge in [-0.25, -0.2) is 0 Å². The van der Waals surface area contributed by atoms with Crippen LogP contribution in [0.15, 0.2) is 51.1 Å². The normalized spacial score (nSPS) is 27.6. The van der Waals surface area contributed by atoms with Gasteiger partial charge in [0.05, 0.1) is 0 Å². The monoisotopic (exact) mass is 398 g/mol. The van der Waals surface area contributed by atoms with E-state index in [1.54, 1.807) is 10.9 Å². The second-order valence-corrected chi connectivity index (χ2v) is 12.8. The van der Waals surface area contributed by atoms with Gasteiger partial charge in [0, 0.05) is 0 Å². The van der Waals surface area contributed by atoms with Crippen LogP contribution in [0.5, 0.6) is 0 Å². The van der Waals surface area contributed by atoms with Crippen LogP contribution in [-0.4, -0.2) is 6.16 Å². The van der Waals surface area contributed by atoms with Crippen LogP contribution in [0.4, 0.5) is 0 Å². The van der Waals surface area contributed by atoms with Crippen molar-refractivity contribution in [2.45, 2.75) is 16.2 Å². The smallest absolute Gasteiger partial charge is 1.00 e. The standard InChI is InChI=1S/C16H15P.2ClH.Zr/c1-2-17(14-8-4-5-9-14)16-12-11-13-7-3-6-10-15(13)16;;;/h3-4,6-8,10-12H,2,5H2,1H3;2*1H;/q;;;+2/p-2. The average molecular weight is 400 g/mol. The molecule has 2 atom stereocenters. The first-order chi connectivity index (χ1) is 8.85. The van der Waals surface area contributed by atoms with Gasteiger partial charge in [0.15, 0.2) is 0 Å². The molecule has 0 nitrogen and oxygen atoms in total. The van der Waals surface area contributed by atoms with E-state index < -0.39 is 23.2 Å². The maximum atomic E-state index is 2.59. The molecule has 2 unspecified atom stereocenters. The molecule has 1 spiro atoms. The molecule has 0 bridgehead atoms. The van der Waals surface area contributed by atoms with Crippen molar-refractivity contribution >= 4 is 14.0 Å². The second kappa shape index (κ2) is 6.22. The van der Waals surface area contributed by atoms with E-state index in [9.17, 15) is 0 Å². The second-order valence-electron chi connectivity index (χ2n) is 5.03. The minimum atomic E-state index is -0.487. The van der Waals surface area contributed by atoms with Crippen LogP contribution in [-0.2, 0) is 26.1 Å². The van der Waals surface area contributed by atoms with Gasteiger partial charge in [-0.05, 0) is 0 Å². The zero-order valence-corrected chi connectivity index (χ0v) is 16.1. The Hall–Kier alpha value is 0.333. The first kappa shape index (κ1) is 16.7. The van der Waals surface area contributed by atoms with Gasteiger partial charge >= 0.3 is 122 Å². The molecule has 1 heterocycles. The molecule has 2 aliphatic carbocycles. The van der Waals surface area contributed by atoms with Crippen LogP contribution in [0.1, 0.15) is 24.5 Å². The van der Waals surface area contributed by atoms with Gasteiger partial charge in [-0.15, -0.1) is 0 Å². The minimum absolute atomic E-state index is 0. The van der Waals surface area contributed by atoms with Crippen molar-refractivity contribution in [1.82, 2.24) is 0 Å². The van der Waals surface area contributed by atoms with Crippen LogP contribution in [0.3, 0.4) is 0 Å². The zero-order chi connectivity index (χ0) is 12.2. The predicted octanol–water partition coefficient (Wildman–Crippen LogP) is -1.36. The van der Waals surface area contributed by atoms with E-state index in [0.29, 0.717) is 2.86 Å². The third-order valence-electron chi connectivity index (χ3n) is 4.16. The maximum absolute atomic E-state index is 2.59. The molecule has 3 aliphatic rings. The molecule has 0 fully saturated rings. The van der Waals surface area contributed by atoms with E-state index in [1.165, 1.54) is 18.1 Å². The fourth-order valence-corrected chi connectivity index (χ4v) is 14.9. The predicted molar refractivity (Wildman–Crippen MR) is 75.4 cm³/mol. The number of hydrogen-bond acceptors (Lipinski definition) is 0. The third kappa shape index (κ3) is 2.17. The number of rotatable bonds is 1. The van der Waals surface area contributed by atoms with Crippen molar-refractivity contribution in [3.05, 3.63) is 62.2 Å². The van der Waals surface area contributed by atoms with Crippen molar-refractivity contribution < 1.29 is 48.0 Å². The Bertz CT molecular complexity index is 621. The number of hydrogen-bond donors (Lipinski definition) is 0. The van der Waals surface area contributed by atoms with Gasteiger partial charge in [-0.1, -0.05) is 0 Å².